The highest BCUT2D eigenvalue weighted by atomic mass is 16.5. The Kier molecular flexibility index (Phi) is 2.86. The molecule has 1 aliphatic heterocycles. The molecule has 2 atom stereocenters. The van der Waals surface area contributed by atoms with E-state index < -0.39 is 0 Å². The zero-order valence-corrected chi connectivity index (χ0v) is 7.08. The molecule has 0 amide bonds. The lowest BCUT2D eigenvalue weighted by Gasteiger charge is -2.24. The Hall–Kier alpha value is -0.590. The van der Waals surface area contributed by atoms with Crippen molar-refractivity contribution < 1.29 is 4.74 Å². The Balaban J connectivity index is 2.40. The summed E-state index contributed by atoms with van der Waals surface area (Å²) in [5.74, 6) is 0. The number of nitrogens with zero attached hydrogens (tertiary/aromatic N) is 2. The van der Waals surface area contributed by atoms with E-state index in [-0.39, 0.29) is 6.04 Å². The maximum atomic E-state index is 8.63. The van der Waals surface area contributed by atoms with Gasteiger partial charge in [0.25, 0.3) is 0 Å². The van der Waals surface area contributed by atoms with Crippen molar-refractivity contribution in [3.8, 4) is 6.07 Å². The van der Waals surface area contributed by atoms with E-state index in [1.54, 1.807) is 0 Å². The highest BCUT2D eigenvalue weighted by Gasteiger charge is 2.23. The first-order chi connectivity index (χ1) is 5.25. The second-order valence-corrected chi connectivity index (χ2v) is 2.99. The lowest BCUT2D eigenvalue weighted by molar-refractivity contribution is 0.151. The highest BCUT2D eigenvalue weighted by Crippen LogP contribution is 2.12. The van der Waals surface area contributed by atoms with Crippen LogP contribution in [0.3, 0.4) is 0 Å². The summed E-state index contributed by atoms with van der Waals surface area (Å²) in [6, 6.07) is 2.66. The van der Waals surface area contributed by atoms with Crippen LogP contribution in [0.25, 0.3) is 0 Å². The van der Waals surface area contributed by atoms with Gasteiger partial charge in [-0.05, 0) is 20.4 Å². The molecule has 3 heteroatoms. The molecule has 0 aromatic heterocycles. The molecule has 0 N–H and O–H groups in total. The summed E-state index contributed by atoms with van der Waals surface area (Å²) in [6.45, 7) is 3.54. The molecule has 11 heavy (non-hydrogen) atoms. The van der Waals surface area contributed by atoms with Gasteiger partial charge in [-0.25, -0.2) is 0 Å². The second kappa shape index (κ2) is 3.70. The van der Waals surface area contributed by atoms with Crippen molar-refractivity contribution in [2.75, 3.05) is 20.3 Å². The van der Waals surface area contributed by atoms with Gasteiger partial charge in [-0.3, -0.25) is 4.90 Å². The number of nitriles is 1. The van der Waals surface area contributed by atoms with Crippen molar-refractivity contribution in [1.82, 2.24) is 4.90 Å². The molecule has 1 saturated heterocycles. The topological polar surface area (TPSA) is 36.3 Å². The summed E-state index contributed by atoms with van der Waals surface area (Å²) in [7, 11) is 1.98. The van der Waals surface area contributed by atoms with E-state index in [2.05, 4.69) is 11.0 Å². The third-order valence-corrected chi connectivity index (χ3v) is 2.28. The number of ether oxygens (including phenoxy) is 1. The zero-order valence-electron chi connectivity index (χ0n) is 7.08. The third-order valence-electron chi connectivity index (χ3n) is 2.28. The maximum Gasteiger partial charge on any atom is 0.0950 e. The summed E-state index contributed by atoms with van der Waals surface area (Å²) in [4.78, 5) is 2.08. The zero-order chi connectivity index (χ0) is 8.27. The third kappa shape index (κ3) is 1.92. The van der Waals surface area contributed by atoms with Gasteiger partial charge in [0.05, 0.1) is 18.7 Å². The molecule has 3 nitrogen and oxygen atoms in total. The van der Waals surface area contributed by atoms with Crippen molar-refractivity contribution in [3.05, 3.63) is 0 Å². The van der Waals surface area contributed by atoms with Gasteiger partial charge in [-0.15, -0.1) is 0 Å². The lowest BCUT2D eigenvalue weighted by Crippen LogP contribution is -2.38. The fourth-order valence-corrected chi connectivity index (χ4v) is 1.25. The van der Waals surface area contributed by atoms with Crippen molar-refractivity contribution in [3.63, 3.8) is 0 Å². The molecule has 1 aliphatic rings. The van der Waals surface area contributed by atoms with Crippen molar-refractivity contribution in [2.24, 2.45) is 0 Å². The van der Waals surface area contributed by atoms with E-state index in [1.807, 2.05) is 14.0 Å². The molecule has 0 saturated carbocycles. The van der Waals surface area contributed by atoms with Gasteiger partial charge in [0, 0.05) is 12.6 Å². The quantitative estimate of drug-likeness (QED) is 0.585. The van der Waals surface area contributed by atoms with Crippen LogP contribution in [0.1, 0.15) is 13.3 Å². The monoisotopic (exact) mass is 154 g/mol. The summed E-state index contributed by atoms with van der Waals surface area (Å²) < 4.78 is 5.22. The minimum absolute atomic E-state index is 0.00157. The molecular weight excluding hydrogens is 140 g/mol. The molecule has 0 aromatic carbocycles. The van der Waals surface area contributed by atoms with Gasteiger partial charge in [-0.1, -0.05) is 0 Å². The van der Waals surface area contributed by atoms with E-state index in [1.165, 1.54) is 0 Å². The molecule has 0 bridgehead atoms. The lowest BCUT2D eigenvalue weighted by atomic mass is 10.2. The molecule has 1 rings (SSSR count). The predicted octanol–water partition coefficient (Wildman–Crippen LogP) is 0.619. The average Bonchev–Trinajstić information content (AvgIpc) is 2.53. The Morgan fingerprint density at radius 1 is 1.73 bits per heavy atom. The molecule has 1 fully saturated rings. The first-order valence-electron chi connectivity index (χ1n) is 3.95. The van der Waals surface area contributed by atoms with Crippen molar-refractivity contribution >= 4 is 0 Å². The normalized spacial score (nSPS) is 26.9. The summed E-state index contributed by atoms with van der Waals surface area (Å²) in [6.07, 6.45) is 1.06. The number of hydrogen-bond donors (Lipinski definition) is 0. The first kappa shape index (κ1) is 8.51. The molecule has 0 radical (unpaired) electrons. The molecule has 0 aromatic rings. The van der Waals surface area contributed by atoms with Crippen LogP contribution in [0.5, 0.6) is 0 Å². The smallest absolute Gasteiger partial charge is 0.0950 e. The van der Waals surface area contributed by atoms with Crippen LogP contribution >= 0.6 is 0 Å². The van der Waals surface area contributed by atoms with E-state index in [4.69, 9.17) is 10.00 Å². The molecule has 0 spiro atoms. The molecule has 1 heterocycles. The van der Waals surface area contributed by atoms with E-state index in [0.717, 1.165) is 19.6 Å². The van der Waals surface area contributed by atoms with Crippen LogP contribution in [0, 0.1) is 11.3 Å². The maximum absolute atomic E-state index is 8.63. The number of hydrogen-bond acceptors (Lipinski definition) is 3. The number of rotatable bonds is 2. The Morgan fingerprint density at radius 3 is 2.91 bits per heavy atom. The van der Waals surface area contributed by atoms with Crippen LogP contribution in [0.15, 0.2) is 0 Å². The highest BCUT2D eigenvalue weighted by molar-refractivity contribution is 4.90. The fourth-order valence-electron chi connectivity index (χ4n) is 1.25. The predicted molar refractivity (Wildman–Crippen MR) is 42.1 cm³/mol. The fraction of sp³-hybridized carbons (Fsp3) is 0.875. The minimum Gasteiger partial charge on any atom is -0.380 e. The van der Waals surface area contributed by atoms with Gasteiger partial charge in [-0.2, -0.15) is 5.26 Å². The molecule has 0 aliphatic carbocycles. The van der Waals surface area contributed by atoms with Crippen LogP contribution < -0.4 is 0 Å². The summed E-state index contributed by atoms with van der Waals surface area (Å²) in [5.41, 5.74) is 0. The average molecular weight is 154 g/mol. The second-order valence-electron chi connectivity index (χ2n) is 2.99. The van der Waals surface area contributed by atoms with E-state index >= 15 is 0 Å². The van der Waals surface area contributed by atoms with Crippen LogP contribution in [0.2, 0.25) is 0 Å². The van der Waals surface area contributed by atoms with Gasteiger partial charge >= 0.3 is 0 Å². The minimum atomic E-state index is 0.00157. The van der Waals surface area contributed by atoms with Gasteiger partial charge in [0.1, 0.15) is 0 Å². The molecule has 2 unspecified atom stereocenters. The van der Waals surface area contributed by atoms with Crippen LogP contribution in [-0.2, 0) is 4.74 Å². The number of likely N-dealkylation sites (N-methyl/N-ethyl adjacent to an activating group) is 1. The van der Waals surface area contributed by atoms with Crippen LogP contribution in [-0.4, -0.2) is 37.2 Å². The van der Waals surface area contributed by atoms with Crippen molar-refractivity contribution in [2.45, 2.75) is 25.4 Å². The first-order valence-corrected chi connectivity index (χ1v) is 3.95. The van der Waals surface area contributed by atoms with Gasteiger partial charge < -0.3 is 4.74 Å². The Bertz CT molecular complexity index is 158. The van der Waals surface area contributed by atoms with Gasteiger partial charge in [0.2, 0.25) is 0 Å². The molecule has 62 valence electrons. The van der Waals surface area contributed by atoms with Crippen LogP contribution in [0.4, 0.5) is 0 Å². The summed E-state index contributed by atoms with van der Waals surface area (Å²) >= 11 is 0. The van der Waals surface area contributed by atoms with E-state index in [0.29, 0.717) is 6.04 Å². The SMILES string of the molecule is CC(C#N)N(C)C1CCOC1. The van der Waals surface area contributed by atoms with Gasteiger partial charge in [0.15, 0.2) is 0 Å². The molecular formula is C8H14N2O. The standard InChI is InChI=1S/C8H14N2O/c1-7(5-9)10(2)8-3-4-11-6-8/h7-8H,3-4,6H2,1-2H3. The summed E-state index contributed by atoms with van der Waals surface area (Å²) in [5, 5.41) is 8.63. The largest absolute Gasteiger partial charge is 0.380 e. The van der Waals surface area contributed by atoms with Crippen molar-refractivity contribution in [1.29, 1.82) is 5.26 Å². The Morgan fingerprint density at radius 2 is 2.45 bits per heavy atom. The Labute approximate surface area is 67.6 Å². The van der Waals surface area contributed by atoms with E-state index in [9.17, 15) is 0 Å².